The average molecular weight is 242 g/mol. The fourth-order valence-electron chi connectivity index (χ4n) is 2.99. The highest BCUT2D eigenvalue weighted by Crippen LogP contribution is 2.39. The van der Waals surface area contributed by atoms with Gasteiger partial charge >= 0.3 is 5.97 Å². The highest BCUT2D eigenvalue weighted by Gasteiger charge is 2.44. The number of aliphatic carboxylic acids is 1. The lowest BCUT2D eigenvalue weighted by atomic mass is 9.72. The molecule has 0 amide bonds. The van der Waals surface area contributed by atoms with E-state index >= 15 is 0 Å². The van der Waals surface area contributed by atoms with Crippen LogP contribution in [0.15, 0.2) is 0 Å². The van der Waals surface area contributed by atoms with Crippen molar-refractivity contribution < 1.29 is 14.6 Å². The van der Waals surface area contributed by atoms with Crippen molar-refractivity contribution in [3.05, 3.63) is 0 Å². The van der Waals surface area contributed by atoms with Gasteiger partial charge in [0.2, 0.25) is 0 Å². The predicted molar refractivity (Wildman–Crippen MR) is 64.1 cm³/mol. The highest BCUT2D eigenvalue weighted by molar-refractivity contribution is 5.69. The average Bonchev–Trinajstić information content (AvgIpc) is 2.25. The van der Waals surface area contributed by atoms with E-state index in [2.05, 4.69) is 4.90 Å². The van der Waals surface area contributed by atoms with Gasteiger partial charge in [0.1, 0.15) is 0 Å². The molecule has 5 nitrogen and oxygen atoms in total. The highest BCUT2D eigenvalue weighted by atomic mass is 16.5. The van der Waals surface area contributed by atoms with E-state index in [1.165, 1.54) is 12.8 Å². The summed E-state index contributed by atoms with van der Waals surface area (Å²) in [7, 11) is 1.74. The molecule has 2 rings (SSSR count). The number of piperidine rings is 1. The Balaban J connectivity index is 1.68. The van der Waals surface area contributed by atoms with Gasteiger partial charge in [-0.1, -0.05) is 0 Å². The zero-order valence-electron chi connectivity index (χ0n) is 10.5. The second-order valence-corrected chi connectivity index (χ2v) is 5.37. The van der Waals surface area contributed by atoms with Crippen LogP contribution in [0, 0.1) is 5.41 Å². The maximum Gasteiger partial charge on any atom is 0.317 e. The van der Waals surface area contributed by atoms with Gasteiger partial charge in [-0.05, 0) is 31.3 Å². The number of ether oxygens (including phenoxy) is 1. The molecule has 17 heavy (non-hydrogen) atoms. The van der Waals surface area contributed by atoms with Gasteiger partial charge < -0.3 is 14.7 Å². The summed E-state index contributed by atoms with van der Waals surface area (Å²) in [4.78, 5) is 15.1. The van der Waals surface area contributed by atoms with Gasteiger partial charge in [-0.25, -0.2) is 0 Å². The first-order valence-corrected chi connectivity index (χ1v) is 6.29. The summed E-state index contributed by atoms with van der Waals surface area (Å²) in [5, 5.41) is 8.71. The van der Waals surface area contributed by atoms with Crippen LogP contribution >= 0.6 is 0 Å². The van der Waals surface area contributed by atoms with Crippen LogP contribution in [0.2, 0.25) is 0 Å². The zero-order valence-corrected chi connectivity index (χ0v) is 10.5. The number of hydrogen-bond acceptors (Lipinski definition) is 4. The Hall–Kier alpha value is -0.650. The summed E-state index contributed by atoms with van der Waals surface area (Å²) in [6, 6.07) is 0. The van der Waals surface area contributed by atoms with Crippen LogP contribution in [0.25, 0.3) is 0 Å². The topological polar surface area (TPSA) is 53.0 Å². The lowest BCUT2D eigenvalue weighted by Crippen LogP contribution is -2.61. The van der Waals surface area contributed by atoms with Crippen LogP contribution in [0.5, 0.6) is 0 Å². The molecule has 0 radical (unpaired) electrons. The van der Waals surface area contributed by atoms with Crippen molar-refractivity contribution in [1.29, 1.82) is 0 Å². The SMILES string of the molecule is COCCN1CCC2(CC1)CN(CC(=O)O)C2. The van der Waals surface area contributed by atoms with Gasteiger partial charge in [0.25, 0.3) is 0 Å². The Morgan fingerprint density at radius 2 is 1.94 bits per heavy atom. The first kappa shape index (κ1) is 12.8. The van der Waals surface area contributed by atoms with Crippen molar-refractivity contribution in [1.82, 2.24) is 9.80 Å². The minimum absolute atomic E-state index is 0.204. The number of carboxylic acids is 1. The summed E-state index contributed by atoms with van der Waals surface area (Å²) >= 11 is 0. The Kier molecular flexibility index (Phi) is 4.01. The first-order chi connectivity index (χ1) is 8.13. The molecule has 0 aromatic carbocycles. The van der Waals surface area contributed by atoms with Crippen molar-refractivity contribution >= 4 is 5.97 Å². The summed E-state index contributed by atoms with van der Waals surface area (Å²) < 4.78 is 5.08. The summed E-state index contributed by atoms with van der Waals surface area (Å²) in [5.74, 6) is -0.711. The first-order valence-electron chi connectivity index (χ1n) is 6.29. The summed E-state index contributed by atoms with van der Waals surface area (Å²) in [5.41, 5.74) is 0.416. The molecule has 2 saturated heterocycles. The van der Waals surface area contributed by atoms with Gasteiger partial charge in [0.15, 0.2) is 0 Å². The zero-order chi connectivity index (χ0) is 12.3. The Morgan fingerprint density at radius 3 is 2.47 bits per heavy atom. The molecule has 2 aliphatic rings. The van der Waals surface area contributed by atoms with E-state index < -0.39 is 5.97 Å². The molecule has 2 heterocycles. The van der Waals surface area contributed by atoms with Crippen LogP contribution in [-0.2, 0) is 9.53 Å². The molecular formula is C12H22N2O3. The Bertz CT molecular complexity index is 267. The van der Waals surface area contributed by atoms with E-state index in [0.717, 1.165) is 39.3 Å². The van der Waals surface area contributed by atoms with Gasteiger partial charge in [-0.2, -0.15) is 0 Å². The molecule has 1 N–H and O–H groups in total. The monoisotopic (exact) mass is 242 g/mol. The van der Waals surface area contributed by atoms with E-state index in [1.54, 1.807) is 7.11 Å². The normalized spacial score (nSPS) is 24.8. The fraction of sp³-hybridized carbons (Fsp3) is 0.917. The second kappa shape index (κ2) is 5.33. The van der Waals surface area contributed by atoms with Crippen LogP contribution in [-0.4, -0.2) is 73.9 Å². The van der Waals surface area contributed by atoms with Gasteiger partial charge in [0.05, 0.1) is 13.2 Å². The van der Waals surface area contributed by atoms with E-state index in [1.807, 2.05) is 4.90 Å². The third-order valence-electron chi connectivity index (χ3n) is 4.01. The molecular weight excluding hydrogens is 220 g/mol. The quantitative estimate of drug-likeness (QED) is 0.742. The Labute approximate surface area is 102 Å². The largest absolute Gasteiger partial charge is 0.480 e. The lowest BCUT2D eigenvalue weighted by Gasteiger charge is -2.53. The molecule has 98 valence electrons. The number of methoxy groups -OCH3 is 1. The van der Waals surface area contributed by atoms with Gasteiger partial charge in [-0.3, -0.25) is 9.69 Å². The molecule has 0 saturated carbocycles. The maximum atomic E-state index is 10.6. The molecule has 2 fully saturated rings. The van der Waals surface area contributed by atoms with Crippen molar-refractivity contribution in [2.75, 3.05) is 53.0 Å². The van der Waals surface area contributed by atoms with Gasteiger partial charge in [-0.15, -0.1) is 0 Å². The number of carbonyl (C=O) groups is 1. The van der Waals surface area contributed by atoms with Crippen LogP contribution in [0.1, 0.15) is 12.8 Å². The molecule has 1 spiro atoms. The molecule has 0 aromatic heterocycles. The maximum absolute atomic E-state index is 10.6. The van der Waals surface area contributed by atoms with Crippen molar-refractivity contribution in [2.24, 2.45) is 5.41 Å². The van der Waals surface area contributed by atoms with Crippen LogP contribution in [0.4, 0.5) is 0 Å². The fourth-order valence-corrected chi connectivity index (χ4v) is 2.99. The van der Waals surface area contributed by atoms with Crippen molar-refractivity contribution in [2.45, 2.75) is 12.8 Å². The smallest absolute Gasteiger partial charge is 0.317 e. The summed E-state index contributed by atoms with van der Waals surface area (Å²) in [6.07, 6.45) is 2.40. The molecule has 0 unspecified atom stereocenters. The number of carboxylic acid groups (broad SMARTS) is 1. The Morgan fingerprint density at radius 1 is 1.29 bits per heavy atom. The molecule has 0 aromatic rings. The van der Waals surface area contributed by atoms with Crippen molar-refractivity contribution in [3.63, 3.8) is 0 Å². The molecule has 0 aliphatic carbocycles. The van der Waals surface area contributed by atoms with Gasteiger partial charge in [0, 0.05) is 26.7 Å². The molecule has 5 heteroatoms. The van der Waals surface area contributed by atoms with Crippen LogP contribution < -0.4 is 0 Å². The van der Waals surface area contributed by atoms with E-state index in [4.69, 9.17) is 9.84 Å². The minimum Gasteiger partial charge on any atom is -0.480 e. The molecule has 0 atom stereocenters. The standard InChI is InChI=1S/C12H22N2O3/c1-17-7-6-13-4-2-12(3-5-13)9-14(10-12)8-11(15)16/h2-10H2,1H3,(H,15,16). The molecule has 0 bridgehead atoms. The minimum atomic E-state index is -0.711. The number of rotatable bonds is 5. The third-order valence-corrected chi connectivity index (χ3v) is 4.01. The number of likely N-dealkylation sites (tertiary alicyclic amines) is 2. The molecule has 2 aliphatic heterocycles. The summed E-state index contributed by atoms with van der Waals surface area (Å²) in [6.45, 7) is 6.22. The van der Waals surface area contributed by atoms with E-state index in [-0.39, 0.29) is 6.54 Å². The van der Waals surface area contributed by atoms with E-state index in [0.29, 0.717) is 5.41 Å². The second-order valence-electron chi connectivity index (χ2n) is 5.37. The number of nitrogens with zero attached hydrogens (tertiary/aromatic N) is 2. The third kappa shape index (κ3) is 3.18. The van der Waals surface area contributed by atoms with Crippen molar-refractivity contribution in [3.8, 4) is 0 Å². The van der Waals surface area contributed by atoms with E-state index in [9.17, 15) is 4.79 Å². The predicted octanol–water partition coefficient (Wildman–Crippen LogP) is 0.115. The van der Waals surface area contributed by atoms with Crippen LogP contribution in [0.3, 0.4) is 0 Å². The number of hydrogen-bond donors (Lipinski definition) is 1. The lowest BCUT2D eigenvalue weighted by molar-refractivity contribution is -0.143.